The van der Waals surface area contributed by atoms with Gasteiger partial charge in [-0.15, -0.1) is 0 Å². The minimum absolute atomic E-state index is 0.693. The Bertz CT molecular complexity index is 818. The lowest BCUT2D eigenvalue weighted by Crippen LogP contribution is -2.34. The fourth-order valence-electron chi connectivity index (χ4n) is 3.05. The van der Waals surface area contributed by atoms with Gasteiger partial charge in [0.2, 0.25) is 0 Å². The zero-order valence-electron chi connectivity index (χ0n) is 13.0. The molecule has 4 heteroatoms. The number of fused-ring (bicyclic) bond motifs is 2. The van der Waals surface area contributed by atoms with E-state index in [-0.39, 0.29) is 0 Å². The number of benzene rings is 2. The molecule has 1 aliphatic rings. The van der Waals surface area contributed by atoms with Gasteiger partial charge in [0.05, 0.1) is 5.69 Å². The first-order chi connectivity index (χ1) is 11.4. The van der Waals surface area contributed by atoms with Crippen molar-refractivity contribution in [2.24, 2.45) is 0 Å². The molecule has 4 rings (SSSR count). The summed E-state index contributed by atoms with van der Waals surface area (Å²) >= 11 is 0. The fourth-order valence-corrected chi connectivity index (χ4v) is 3.05. The molecule has 0 saturated heterocycles. The third kappa shape index (κ3) is 3.17. The summed E-state index contributed by atoms with van der Waals surface area (Å²) in [6.07, 6.45) is 4.59. The molecule has 0 spiro atoms. The number of hydrogen-bond donors (Lipinski definition) is 0. The van der Waals surface area contributed by atoms with Crippen LogP contribution in [0.4, 0.5) is 0 Å². The molecule has 1 aliphatic heterocycles. The maximum absolute atomic E-state index is 5.93. The average molecular weight is 305 g/mol. The molecule has 116 valence electrons. The van der Waals surface area contributed by atoms with Crippen LogP contribution in [0.3, 0.4) is 0 Å². The quantitative estimate of drug-likeness (QED) is 0.742. The zero-order valence-corrected chi connectivity index (χ0v) is 13.0. The van der Waals surface area contributed by atoms with Crippen LogP contribution in [0.25, 0.3) is 10.8 Å². The second kappa shape index (κ2) is 6.34. The predicted octanol–water partition coefficient (Wildman–Crippen LogP) is 3.07. The van der Waals surface area contributed by atoms with Gasteiger partial charge in [0.1, 0.15) is 18.7 Å². The van der Waals surface area contributed by atoms with E-state index in [1.807, 2.05) is 12.3 Å². The molecule has 0 aliphatic carbocycles. The lowest BCUT2D eigenvalue weighted by atomic mass is 10.1. The van der Waals surface area contributed by atoms with Crippen LogP contribution in [-0.4, -0.2) is 34.6 Å². The van der Waals surface area contributed by atoms with Crippen LogP contribution in [0, 0.1) is 0 Å². The summed E-state index contributed by atoms with van der Waals surface area (Å²) in [7, 11) is 0. The Morgan fingerprint density at radius 3 is 2.96 bits per heavy atom. The normalized spacial score (nSPS) is 14.6. The molecule has 0 amide bonds. The van der Waals surface area contributed by atoms with E-state index in [2.05, 4.69) is 51.3 Å². The van der Waals surface area contributed by atoms with Gasteiger partial charge in [0, 0.05) is 25.8 Å². The van der Waals surface area contributed by atoms with Gasteiger partial charge < -0.3 is 4.74 Å². The lowest BCUT2D eigenvalue weighted by molar-refractivity contribution is 0.194. The number of rotatable bonds is 4. The maximum Gasteiger partial charge on any atom is 0.120 e. The lowest BCUT2D eigenvalue weighted by Gasteiger charge is -2.27. The van der Waals surface area contributed by atoms with Crippen molar-refractivity contribution >= 4 is 10.8 Å². The summed E-state index contributed by atoms with van der Waals surface area (Å²) in [5.41, 5.74) is 2.43. The van der Waals surface area contributed by atoms with Gasteiger partial charge in [-0.2, -0.15) is 0 Å². The number of ether oxygens (including phenoxy) is 1. The van der Waals surface area contributed by atoms with Crippen molar-refractivity contribution in [3.8, 4) is 5.75 Å². The highest BCUT2D eigenvalue weighted by Gasteiger charge is 2.16. The predicted molar refractivity (Wildman–Crippen MR) is 90.5 cm³/mol. The Hall–Kier alpha value is -2.46. The molecule has 0 radical (unpaired) electrons. The van der Waals surface area contributed by atoms with Gasteiger partial charge >= 0.3 is 0 Å². The van der Waals surface area contributed by atoms with Crippen molar-refractivity contribution in [1.29, 1.82) is 0 Å². The van der Waals surface area contributed by atoms with Crippen molar-refractivity contribution < 1.29 is 4.74 Å². The molecule has 2 heterocycles. The summed E-state index contributed by atoms with van der Waals surface area (Å²) in [6, 6.07) is 14.6. The Morgan fingerprint density at radius 2 is 2.00 bits per heavy atom. The van der Waals surface area contributed by atoms with Crippen molar-refractivity contribution in [3.05, 3.63) is 66.2 Å². The van der Waals surface area contributed by atoms with E-state index >= 15 is 0 Å². The third-order valence-corrected chi connectivity index (χ3v) is 4.35. The Balaban J connectivity index is 1.35. The third-order valence-electron chi connectivity index (χ3n) is 4.35. The van der Waals surface area contributed by atoms with Gasteiger partial charge in [-0.1, -0.05) is 30.3 Å². The molecule has 0 saturated carbocycles. The Kier molecular flexibility index (Phi) is 3.90. The molecule has 0 N–H and O–H groups in total. The van der Waals surface area contributed by atoms with Crippen molar-refractivity contribution in [1.82, 2.24) is 14.9 Å². The summed E-state index contributed by atoms with van der Waals surface area (Å²) in [5, 5.41) is 2.46. The summed E-state index contributed by atoms with van der Waals surface area (Å²) < 4.78 is 5.93. The minimum Gasteiger partial charge on any atom is -0.492 e. The van der Waals surface area contributed by atoms with E-state index in [9.17, 15) is 0 Å². The van der Waals surface area contributed by atoms with E-state index in [1.54, 1.807) is 6.33 Å². The summed E-state index contributed by atoms with van der Waals surface area (Å²) in [5.74, 6) is 0.934. The molecule has 4 nitrogen and oxygen atoms in total. The van der Waals surface area contributed by atoms with E-state index in [1.165, 1.54) is 16.3 Å². The Morgan fingerprint density at radius 1 is 1.09 bits per heavy atom. The second-order valence-electron chi connectivity index (χ2n) is 5.88. The largest absolute Gasteiger partial charge is 0.492 e. The molecule has 0 atom stereocenters. The summed E-state index contributed by atoms with van der Waals surface area (Å²) in [6.45, 7) is 3.54. The van der Waals surface area contributed by atoms with Crippen molar-refractivity contribution in [2.45, 2.75) is 13.0 Å². The van der Waals surface area contributed by atoms with E-state index in [0.29, 0.717) is 6.61 Å². The van der Waals surface area contributed by atoms with Crippen LogP contribution in [0.1, 0.15) is 11.3 Å². The van der Waals surface area contributed by atoms with Crippen LogP contribution in [0.5, 0.6) is 5.75 Å². The summed E-state index contributed by atoms with van der Waals surface area (Å²) in [4.78, 5) is 10.9. The van der Waals surface area contributed by atoms with Gasteiger partial charge in [-0.3, -0.25) is 4.90 Å². The minimum atomic E-state index is 0.693. The Labute approximate surface area is 135 Å². The maximum atomic E-state index is 5.93. The smallest absolute Gasteiger partial charge is 0.120 e. The molecule has 1 aromatic heterocycles. The molecule has 0 bridgehead atoms. The molecular weight excluding hydrogens is 286 g/mol. The molecular formula is C19H19N3O. The van der Waals surface area contributed by atoms with E-state index in [0.717, 1.165) is 37.5 Å². The second-order valence-corrected chi connectivity index (χ2v) is 5.88. The SMILES string of the molecule is c1ccc2cc(OCCN3CCc4cncnc4C3)ccc2c1. The zero-order chi connectivity index (χ0) is 15.5. The van der Waals surface area contributed by atoms with Crippen LogP contribution in [0.2, 0.25) is 0 Å². The number of nitrogens with zero attached hydrogens (tertiary/aromatic N) is 3. The first-order valence-corrected chi connectivity index (χ1v) is 8.00. The number of hydrogen-bond acceptors (Lipinski definition) is 4. The molecule has 2 aromatic carbocycles. The highest BCUT2D eigenvalue weighted by molar-refractivity contribution is 5.83. The van der Waals surface area contributed by atoms with E-state index in [4.69, 9.17) is 4.74 Å². The topological polar surface area (TPSA) is 38.2 Å². The van der Waals surface area contributed by atoms with Crippen LogP contribution in [0.15, 0.2) is 55.0 Å². The van der Waals surface area contributed by atoms with Crippen molar-refractivity contribution in [2.75, 3.05) is 19.7 Å². The van der Waals surface area contributed by atoms with Gasteiger partial charge in [0.25, 0.3) is 0 Å². The van der Waals surface area contributed by atoms with Crippen LogP contribution in [-0.2, 0) is 13.0 Å². The van der Waals surface area contributed by atoms with Crippen LogP contribution < -0.4 is 4.74 Å². The fraction of sp³-hybridized carbons (Fsp3) is 0.263. The van der Waals surface area contributed by atoms with Gasteiger partial charge in [-0.25, -0.2) is 9.97 Å². The average Bonchev–Trinajstić information content (AvgIpc) is 2.61. The highest BCUT2D eigenvalue weighted by Crippen LogP contribution is 2.21. The monoisotopic (exact) mass is 305 g/mol. The molecule has 0 fully saturated rings. The molecule has 23 heavy (non-hydrogen) atoms. The molecule has 3 aromatic rings. The van der Waals surface area contributed by atoms with Gasteiger partial charge in [-0.05, 0) is 34.9 Å². The first kappa shape index (κ1) is 14.2. The van der Waals surface area contributed by atoms with Crippen LogP contribution >= 0.6 is 0 Å². The van der Waals surface area contributed by atoms with Gasteiger partial charge in [0.15, 0.2) is 0 Å². The van der Waals surface area contributed by atoms with E-state index < -0.39 is 0 Å². The first-order valence-electron chi connectivity index (χ1n) is 8.00. The number of aromatic nitrogens is 2. The highest BCUT2D eigenvalue weighted by atomic mass is 16.5. The van der Waals surface area contributed by atoms with Crippen molar-refractivity contribution in [3.63, 3.8) is 0 Å². The standard InChI is InChI=1S/C19H19N3O/c1-2-4-16-11-18(6-5-15(16)3-1)23-10-9-22-8-7-17-12-20-14-21-19(17)13-22/h1-6,11-12,14H,7-10,13H2. The molecule has 0 unspecified atom stereocenters.